The minimum atomic E-state index is -0.480. The van der Waals surface area contributed by atoms with E-state index in [0.29, 0.717) is 11.3 Å². The predicted octanol–water partition coefficient (Wildman–Crippen LogP) is 2.64. The van der Waals surface area contributed by atoms with Gasteiger partial charge in [0.25, 0.3) is 5.91 Å². The lowest BCUT2D eigenvalue weighted by Crippen LogP contribution is -2.18. The van der Waals surface area contributed by atoms with Gasteiger partial charge < -0.3 is 10.3 Å². The van der Waals surface area contributed by atoms with Crippen LogP contribution in [-0.2, 0) is 0 Å². The molecule has 19 heavy (non-hydrogen) atoms. The normalized spacial score (nSPS) is 10.3. The second-order valence-electron chi connectivity index (χ2n) is 3.81. The largest absolute Gasteiger partial charge is 0.318 e. The molecule has 0 bridgehead atoms. The number of pyridine rings is 2. The Labute approximate surface area is 118 Å². The molecular formula is C12H9Cl2N3O2. The summed E-state index contributed by atoms with van der Waals surface area (Å²) in [6, 6.07) is 5.88. The van der Waals surface area contributed by atoms with Gasteiger partial charge in [-0.25, -0.2) is 4.98 Å². The van der Waals surface area contributed by atoms with Gasteiger partial charge in [0.2, 0.25) is 5.56 Å². The summed E-state index contributed by atoms with van der Waals surface area (Å²) in [5.74, 6) is -0.480. The van der Waals surface area contributed by atoms with Crippen molar-refractivity contribution in [3.05, 3.63) is 56.2 Å². The fraction of sp³-hybridized carbons (Fsp3) is 0.0833. The Morgan fingerprint density at radius 3 is 2.74 bits per heavy atom. The third kappa shape index (κ3) is 3.13. The number of rotatable bonds is 2. The van der Waals surface area contributed by atoms with Gasteiger partial charge in [-0.2, -0.15) is 0 Å². The minimum absolute atomic E-state index is 0.0941. The average Bonchev–Trinajstić information content (AvgIpc) is 2.33. The van der Waals surface area contributed by atoms with Crippen molar-refractivity contribution in [3.63, 3.8) is 0 Å². The lowest BCUT2D eigenvalue weighted by molar-refractivity contribution is 0.102. The first kappa shape index (κ1) is 13.6. The Kier molecular flexibility index (Phi) is 3.87. The first-order chi connectivity index (χ1) is 8.97. The number of nitrogens with zero attached hydrogens (tertiary/aromatic N) is 1. The van der Waals surface area contributed by atoms with Crippen LogP contribution in [-0.4, -0.2) is 15.9 Å². The highest BCUT2D eigenvalue weighted by atomic mass is 35.5. The molecule has 2 N–H and O–H groups in total. The standard InChI is InChI=1S/C12H9Cl2N3O2/c1-6-5-8(13)16-11(14)10(6)17-12(19)7-3-2-4-9(18)15-7/h2-5H,1H3,(H,15,18)(H,17,19). The maximum absolute atomic E-state index is 12.0. The highest BCUT2D eigenvalue weighted by Crippen LogP contribution is 2.26. The van der Waals surface area contributed by atoms with Crippen molar-refractivity contribution in [2.75, 3.05) is 5.32 Å². The Morgan fingerprint density at radius 2 is 2.11 bits per heavy atom. The number of hydrogen-bond donors (Lipinski definition) is 2. The van der Waals surface area contributed by atoms with Gasteiger partial charge >= 0.3 is 0 Å². The van der Waals surface area contributed by atoms with Crippen LogP contribution >= 0.6 is 23.2 Å². The van der Waals surface area contributed by atoms with E-state index in [1.54, 1.807) is 13.0 Å². The maximum atomic E-state index is 12.0. The minimum Gasteiger partial charge on any atom is -0.318 e. The summed E-state index contributed by atoms with van der Waals surface area (Å²) in [4.78, 5) is 29.4. The number of carbonyl (C=O) groups is 1. The van der Waals surface area contributed by atoms with Gasteiger partial charge in [0.15, 0.2) is 5.15 Å². The summed E-state index contributed by atoms with van der Waals surface area (Å²) in [6.07, 6.45) is 0. The summed E-state index contributed by atoms with van der Waals surface area (Å²) in [5.41, 5.74) is 0.819. The molecule has 0 saturated heterocycles. The number of halogens is 2. The van der Waals surface area contributed by atoms with Gasteiger partial charge in [-0.05, 0) is 24.6 Å². The van der Waals surface area contributed by atoms with Crippen molar-refractivity contribution in [1.29, 1.82) is 0 Å². The van der Waals surface area contributed by atoms with E-state index < -0.39 is 5.91 Å². The summed E-state index contributed by atoms with van der Waals surface area (Å²) < 4.78 is 0. The van der Waals surface area contributed by atoms with Gasteiger partial charge in [0, 0.05) is 6.07 Å². The van der Waals surface area contributed by atoms with Crippen LogP contribution in [0.1, 0.15) is 16.1 Å². The van der Waals surface area contributed by atoms with E-state index in [1.165, 1.54) is 18.2 Å². The van der Waals surface area contributed by atoms with Crippen LogP contribution in [0.5, 0.6) is 0 Å². The fourth-order valence-electron chi connectivity index (χ4n) is 1.51. The van der Waals surface area contributed by atoms with Crippen LogP contribution in [0.15, 0.2) is 29.1 Å². The number of aromatic amines is 1. The number of aryl methyl sites for hydroxylation is 1. The fourth-order valence-corrected chi connectivity index (χ4v) is 2.09. The third-order valence-electron chi connectivity index (χ3n) is 2.39. The van der Waals surface area contributed by atoms with Crippen molar-refractivity contribution in [1.82, 2.24) is 9.97 Å². The van der Waals surface area contributed by atoms with Gasteiger partial charge in [-0.3, -0.25) is 9.59 Å². The molecule has 0 aliphatic carbocycles. The van der Waals surface area contributed by atoms with Gasteiger partial charge in [-0.1, -0.05) is 29.3 Å². The predicted molar refractivity (Wildman–Crippen MR) is 74.0 cm³/mol. The summed E-state index contributed by atoms with van der Waals surface area (Å²) in [7, 11) is 0. The molecule has 0 fully saturated rings. The van der Waals surface area contributed by atoms with Crippen molar-refractivity contribution in [2.45, 2.75) is 6.92 Å². The molecule has 0 aliphatic heterocycles. The molecular weight excluding hydrogens is 289 g/mol. The molecule has 0 atom stereocenters. The van der Waals surface area contributed by atoms with E-state index in [9.17, 15) is 9.59 Å². The van der Waals surface area contributed by atoms with E-state index in [4.69, 9.17) is 23.2 Å². The van der Waals surface area contributed by atoms with E-state index in [1.807, 2.05) is 0 Å². The summed E-state index contributed by atoms with van der Waals surface area (Å²) in [6.45, 7) is 1.74. The van der Waals surface area contributed by atoms with Crippen molar-refractivity contribution in [2.24, 2.45) is 0 Å². The molecule has 0 unspecified atom stereocenters. The molecule has 0 aromatic carbocycles. The molecule has 0 aliphatic rings. The monoisotopic (exact) mass is 297 g/mol. The second kappa shape index (κ2) is 5.42. The van der Waals surface area contributed by atoms with Crippen molar-refractivity contribution < 1.29 is 4.79 Å². The van der Waals surface area contributed by atoms with Crippen molar-refractivity contribution >= 4 is 34.8 Å². The number of H-pyrrole nitrogens is 1. The Morgan fingerprint density at radius 1 is 1.37 bits per heavy atom. The Hall–Kier alpha value is -1.85. The number of amides is 1. The zero-order valence-electron chi connectivity index (χ0n) is 9.83. The molecule has 0 radical (unpaired) electrons. The van der Waals surface area contributed by atoms with Crippen LogP contribution in [0.25, 0.3) is 0 Å². The maximum Gasteiger partial charge on any atom is 0.272 e. The Bertz CT molecular complexity index is 674. The molecule has 98 valence electrons. The number of nitrogens with one attached hydrogen (secondary N) is 2. The Balaban J connectivity index is 2.32. The lowest BCUT2D eigenvalue weighted by Gasteiger charge is -2.09. The summed E-state index contributed by atoms with van der Waals surface area (Å²) >= 11 is 11.7. The molecule has 7 heteroatoms. The highest BCUT2D eigenvalue weighted by molar-refractivity contribution is 6.35. The van der Waals surface area contributed by atoms with Gasteiger partial charge in [0.1, 0.15) is 10.8 Å². The van der Waals surface area contributed by atoms with E-state index in [2.05, 4.69) is 15.3 Å². The first-order valence-electron chi connectivity index (χ1n) is 5.30. The van der Waals surface area contributed by atoms with Gasteiger partial charge in [0.05, 0.1) is 5.69 Å². The average molecular weight is 298 g/mol. The van der Waals surface area contributed by atoms with Crippen LogP contribution in [0.3, 0.4) is 0 Å². The molecule has 2 rings (SSSR count). The van der Waals surface area contributed by atoms with Crippen LogP contribution in [0.2, 0.25) is 10.3 Å². The van der Waals surface area contributed by atoms with Crippen LogP contribution < -0.4 is 10.9 Å². The zero-order valence-corrected chi connectivity index (χ0v) is 11.3. The number of hydrogen-bond acceptors (Lipinski definition) is 3. The van der Waals surface area contributed by atoms with E-state index in [0.717, 1.165) is 0 Å². The molecule has 1 amide bonds. The third-order valence-corrected chi connectivity index (χ3v) is 2.86. The first-order valence-corrected chi connectivity index (χ1v) is 6.06. The molecule has 5 nitrogen and oxygen atoms in total. The van der Waals surface area contributed by atoms with E-state index >= 15 is 0 Å². The van der Waals surface area contributed by atoms with E-state index in [-0.39, 0.29) is 21.6 Å². The second-order valence-corrected chi connectivity index (χ2v) is 4.56. The van der Waals surface area contributed by atoms with Crippen LogP contribution in [0.4, 0.5) is 5.69 Å². The number of carbonyl (C=O) groups excluding carboxylic acids is 1. The highest BCUT2D eigenvalue weighted by Gasteiger charge is 2.13. The number of anilines is 1. The summed E-state index contributed by atoms with van der Waals surface area (Å²) in [5, 5.41) is 2.93. The number of aromatic nitrogens is 2. The van der Waals surface area contributed by atoms with Gasteiger partial charge in [-0.15, -0.1) is 0 Å². The topological polar surface area (TPSA) is 74.8 Å². The quantitative estimate of drug-likeness (QED) is 0.837. The lowest BCUT2D eigenvalue weighted by atomic mass is 10.2. The molecule has 0 saturated carbocycles. The molecule has 2 aromatic heterocycles. The van der Waals surface area contributed by atoms with Crippen molar-refractivity contribution in [3.8, 4) is 0 Å². The zero-order chi connectivity index (χ0) is 14.0. The molecule has 0 spiro atoms. The molecule has 2 aromatic rings. The smallest absolute Gasteiger partial charge is 0.272 e. The van der Waals surface area contributed by atoms with Crippen LogP contribution in [0, 0.1) is 6.92 Å². The molecule has 2 heterocycles. The SMILES string of the molecule is Cc1cc(Cl)nc(Cl)c1NC(=O)c1cccc(=O)[nH]1.